The van der Waals surface area contributed by atoms with E-state index >= 15 is 0 Å². The Balaban J connectivity index is 2.66. The summed E-state index contributed by atoms with van der Waals surface area (Å²) in [5, 5.41) is 4.77. The van der Waals surface area contributed by atoms with Crippen LogP contribution in [0.3, 0.4) is 0 Å². The molecule has 0 bridgehead atoms. The topological polar surface area (TPSA) is 60.2 Å². The predicted molar refractivity (Wildman–Crippen MR) is 44.5 cm³/mol. The van der Waals surface area contributed by atoms with E-state index in [2.05, 4.69) is 6.92 Å². The van der Waals surface area contributed by atoms with Gasteiger partial charge in [0, 0.05) is 0 Å². The van der Waals surface area contributed by atoms with Crippen LogP contribution in [0.15, 0.2) is 0 Å². The maximum Gasteiger partial charge on any atom is 0.212 e. The second-order valence-corrected chi connectivity index (χ2v) is 5.20. The Kier molecular flexibility index (Phi) is 2.25. The fourth-order valence-electron chi connectivity index (χ4n) is 1.65. The van der Waals surface area contributed by atoms with E-state index in [9.17, 15) is 8.42 Å². The van der Waals surface area contributed by atoms with Crippen molar-refractivity contribution in [1.82, 2.24) is 0 Å². The summed E-state index contributed by atoms with van der Waals surface area (Å²) in [5.41, 5.74) is 0. The zero-order valence-corrected chi connectivity index (χ0v) is 7.76. The molecule has 0 aliphatic heterocycles. The average Bonchev–Trinajstić information content (AvgIpc) is 2.45. The van der Waals surface area contributed by atoms with Crippen molar-refractivity contribution in [3.63, 3.8) is 0 Å². The van der Waals surface area contributed by atoms with Crippen LogP contribution in [0, 0.1) is 11.8 Å². The van der Waals surface area contributed by atoms with E-state index in [1.54, 1.807) is 0 Å². The van der Waals surface area contributed by atoms with Crippen LogP contribution in [0.4, 0.5) is 0 Å². The summed E-state index contributed by atoms with van der Waals surface area (Å²) in [6, 6.07) is 0. The van der Waals surface area contributed by atoms with Crippen molar-refractivity contribution < 1.29 is 8.42 Å². The van der Waals surface area contributed by atoms with Gasteiger partial charge >= 0.3 is 0 Å². The van der Waals surface area contributed by atoms with Crippen molar-refractivity contribution in [2.75, 3.05) is 0 Å². The normalized spacial score (nSPS) is 33.4. The first-order valence-electron chi connectivity index (χ1n) is 3.98. The van der Waals surface area contributed by atoms with Gasteiger partial charge in [0.25, 0.3) is 0 Å². The van der Waals surface area contributed by atoms with Gasteiger partial charge in [-0.2, -0.15) is 0 Å². The third-order valence-corrected chi connectivity index (χ3v) is 4.00. The summed E-state index contributed by atoms with van der Waals surface area (Å²) in [6.45, 7) is 3.94. The summed E-state index contributed by atoms with van der Waals surface area (Å²) in [4.78, 5) is 0. The van der Waals surface area contributed by atoms with E-state index in [0.29, 0.717) is 18.3 Å². The van der Waals surface area contributed by atoms with Gasteiger partial charge in [-0.15, -0.1) is 0 Å². The highest BCUT2D eigenvalue weighted by atomic mass is 32.2. The molecule has 0 heterocycles. The number of hydrogen-bond donors (Lipinski definition) is 1. The first-order valence-corrected chi connectivity index (χ1v) is 5.59. The summed E-state index contributed by atoms with van der Waals surface area (Å²) in [5.74, 6) is 0.883. The summed E-state index contributed by atoms with van der Waals surface area (Å²) in [6.07, 6.45) is 1.67. The maximum absolute atomic E-state index is 11.0. The molecule has 0 radical (unpaired) electrons. The predicted octanol–water partition coefficient (Wildman–Crippen LogP) is 0.710. The number of hydrogen-bond acceptors (Lipinski definition) is 2. The number of sulfonamides is 1. The van der Waals surface area contributed by atoms with Gasteiger partial charge in [-0.1, -0.05) is 13.8 Å². The molecule has 3 unspecified atom stereocenters. The smallest absolute Gasteiger partial charge is 0.212 e. The first-order chi connectivity index (χ1) is 4.96. The van der Waals surface area contributed by atoms with Gasteiger partial charge < -0.3 is 0 Å². The molecular weight excluding hydrogens is 162 g/mol. The number of nitrogens with two attached hydrogens (primary N) is 1. The van der Waals surface area contributed by atoms with Crippen LogP contribution in [0.25, 0.3) is 0 Å². The van der Waals surface area contributed by atoms with Crippen molar-refractivity contribution in [3.8, 4) is 0 Å². The lowest BCUT2D eigenvalue weighted by atomic mass is 10.2. The first kappa shape index (κ1) is 9.00. The van der Waals surface area contributed by atoms with Gasteiger partial charge in [-0.05, 0) is 24.7 Å². The van der Waals surface area contributed by atoms with Crippen molar-refractivity contribution in [2.24, 2.45) is 17.0 Å². The molecule has 0 saturated heterocycles. The third kappa shape index (κ3) is 1.93. The molecule has 3 nitrogen and oxygen atoms in total. The lowest BCUT2D eigenvalue weighted by molar-refractivity contribution is 0.554. The van der Waals surface area contributed by atoms with Gasteiger partial charge in [0.15, 0.2) is 0 Å². The Hall–Kier alpha value is -0.0900. The Bertz CT molecular complexity index is 235. The van der Waals surface area contributed by atoms with Crippen LogP contribution >= 0.6 is 0 Å². The number of rotatable bonds is 3. The minimum absolute atomic E-state index is 0.294. The van der Waals surface area contributed by atoms with Crippen LogP contribution in [-0.4, -0.2) is 13.7 Å². The van der Waals surface area contributed by atoms with E-state index in [1.165, 1.54) is 0 Å². The molecule has 66 valence electrons. The van der Waals surface area contributed by atoms with Crippen LogP contribution in [0.5, 0.6) is 0 Å². The third-order valence-electron chi connectivity index (χ3n) is 2.47. The van der Waals surface area contributed by atoms with Crippen molar-refractivity contribution in [3.05, 3.63) is 0 Å². The molecule has 0 aromatic carbocycles. The van der Waals surface area contributed by atoms with Gasteiger partial charge in [0.05, 0.1) is 5.25 Å². The van der Waals surface area contributed by atoms with Crippen LogP contribution < -0.4 is 5.14 Å². The molecule has 1 saturated carbocycles. The zero-order chi connectivity index (χ0) is 8.65. The minimum Gasteiger partial charge on any atom is -0.228 e. The fraction of sp³-hybridized carbons (Fsp3) is 1.00. The molecule has 0 spiro atoms. The van der Waals surface area contributed by atoms with Crippen molar-refractivity contribution >= 4 is 10.0 Å². The highest BCUT2D eigenvalue weighted by molar-refractivity contribution is 7.89. The van der Waals surface area contributed by atoms with Crippen molar-refractivity contribution in [1.29, 1.82) is 0 Å². The van der Waals surface area contributed by atoms with Crippen LogP contribution in [0.1, 0.15) is 26.7 Å². The average molecular weight is 177 g/mol. The van der Waals surface area contributed by atoms with Gasteiger partial charge in [0.1, 0.15) is 0 Å². The fourth-order valence-corrected chi connectivity index (χ4v) is 2.98. The van der Waals surface area contributed by atoms with Crippen LogP contribution in [0.2, 0.25) is 0 Å². The quantitative estimate of drug-likeness (QED) is 0.690. The summed E-state index contributed by atoms with van der Waals surface area (Å²) in [7, 11) is -3.28. The lowest BCUT2D eigenvalue weighted by Crippen LogP contribution is -2.30. The minimum atomic E-state index is -3.28. The molecule has 1 aliphatic rings. The SMILES string of the molecule is CCC(C1CC1C)S(N)(=O)=O. The van der Waals surface area contributed by atoms with Crippen LogP contribution in [-0.2, 0) is 10.0 Å². The van der Waals surface area contributed by atoms with E-state index in [0.717, 1.165) is 6.42 Å². The number of primary sulfonamides is 1. The molecule has 1 aliphatic carbocycles. The van der Waals surface area contributed by atoms with Crippen molar-refractivity contribution in [2.45, 2.75) is 31.9 Å². The highest BCUT2D eigenvalue weighted by Crippen LogP contribution is 2.43. The molecule has 2 N–H and O–H groups in total. The molecule has 0 amide bonds. The van der Waals surface area contributed by atoms with E-state index < -0.39 is 10.0 Å². The molecule has 3 atom stereocenters. The van der Waals surface area contributed by atoms with E-state index in [1.807, 2.05) is 6.92 Å². The largest absolute Gasteiger partial charge is 0.228 e. The lowest BCUT2D eigenvalue weighted by Gasteiger charge is -2.10. The Morgan fingerprint density at radius 2 is 2.09 bits per heavy atom. The molecule has 0 aromatic rings. The van der Waals surface area contributed by atoms with Gasteiger partial charge in [-0.3, -0.25) is 0 Å². The molecule has 1 fully saturated rings. The highest BCUT2D eigenvalue weighted by Gasteiger charge is 2.43. The molecular formula is C7H15NO2S. The zero-order valence-electron chi connectivity index (χ0n) is 6.95. The second kappa shape index (κ2) is 2.75. The monoisotopic (exact) mass is 177 g/mol. The van der Waals surface area contributed by atoms with E-state index in [4.69, 9.17) is 5.14 Å². The van der Waals surface area contributed by atoms with Gasteiger partial charge in [-0.25, -0.2) is 13.6 Å². The Labute approximate surface area is 68.0 Å². The summed E-state index contributed by atoms with van der Waals surface area (Å²) >= 11 is 0. The Morgan fingerprint density at radius 3 is 2.18 bits per heavy atom. The molecule has 11 heavy (non-hydrogen) atoms. The van der Waals surface area contributed by atoms with Gasteiger partial charge in [0.2, 0.25) is 10.0 Å². The molecule has 4 heteroatoms. The molecule has 1 rings (SSSR count). The van der Waals surface area contributed by atoms with E-state index in [-0.39, 0.29) is 5.25 Å². The molecule has 0 aromatic heterocycles. The maximum atomic E-state index is 11.0. The summed E-state index contributed by atoms with van der Waals surface area (Å²) < 4.78 is 21.9. The Morgan fingerprint density at radius 1 is 1.64 bits per heavy atom. The second-order valence-electron chi connectivity index (χ2n) is 3.41. The standard InChI is InChI=1S/C7H15NO2S/c1-3-7(11(8,9)10)6-4-5(6)2/h5-7H,3-4H2,1-2H3,(H2,8,9,10).